The van der Waals surface area contributed by atoms with Gasteiger partial charge < -0.3 is 35.1 Å². The number of methoxy groups -OCH3 is 2. The maximum atomic E-state index is 12.4. The number of carbonyl (C=O) groups is 1. The Morgan fingerprint density at radius 2 is 1.85 bits per heavy atom. The Morgan fingerprint density at radius 3 is 2.50 bits per heavy atom. The standard InChI is InChI=1S/C25H31N5O4/c1-5-34-23-14-20-17(13-21(23)30-10-8-29(2)9-11-30)24(18(15-27-20)25(26)31)28-19-7-6-16(32-3)12-22(19)33-4/h6-7,12-15H,5,8-11H2,1-4H3,(H2,26,31)(H,27,28). The Hall–Kier alpha value is -3.72. The van der Waals surface area contributed by atoms with Crippen LogP contribution in [0.5, 0.6) is 17.2 Å². The van der Waals surface area contributed by atoms with Crippen LogP contribution in [0, 0.1) is 0 Å². The molecule has 1 aliphatic rings. The highest BCUT2D eigenvalue weighted by atomic mass is 16.5. The van der Waals surface area contributed by atoms with Crippen LogP contribution in [0.2, 0.25) is 0 Å². The van der Waals surface area contributed by atoms with Gasteiger partial charge in [-0.15, -0.1) is 0 Å². The third-order valence-electron chi connectivity index (χ3n) is 6.03. The number of nitrogens with zero attached hydrogens (tertiary/aromatic N) is 3. The van der Waals surface area contributed by atoms with E-state index in [9.17, 15) is 4.79 Å². The quantitative estimate of drug-likeness (QED) is 0.523. The number of ether oxygens (including phenoxy) is 3. The maximum absolute atomic E-state index is 12.4. The van der Waals surface area contributed by atoms with Crippen molar-refractivity contribution in [3.05, 3.63) is 42.1 Å². The van der Waals surface area contributed by atoms with Crippen LogP contribution in [0.25, 0.3) is 10.9 Å². The molecule has 4 rings (SSSR count). The second-order valence-corrected chi connectivity index (χ2v) is 8.16. The molecule has 2 aromatic carbocycles. The minimum absolute atomic E-state index is 0.291. The highest BCUT2D eigenvalue weighted by Crippen LogP contribution is 2.40. The van der Waals surface area contributed by atoms with Crippen LogP contribution in [0.3, 0.4) is 0 Å². The third kappa shape index (κ3) is 4.65. The molecule has 0 radical (unpaired) electrons. The number of carbonyl (C=O) groups excluding carboxylic acids is 1. The molecule has 3 N–H and O–H groups in total. The molecule has 0 atom stereocenters. The summed E-state index contributed by atoms with van der Waals surface area (Å²) < 4.78 is 16.8. The molecule has 0 spiro atoms. The van der Waals surface area contributed by atoms with Crippen molar-refractivity contribution in [1.29, 1.82) is 0 Å². The molecule has 9 nitrogen and oxygen atoms in total. The molecule has 1 amide bonds. The first-order valence-corrected chi connectivity index (χ1v) is 11.3. The number of primary amides is 1. The number of benzene rings is 2. The number of nitrogens with two attached hydrogens (primary N) is 1. The van der Waals surface area contributed by atoms with E-state index in [0.717, 1.165) is 43.0 Å². The van der Waals surface area contributed by atoms with Gasteiger partial charge in [-0.2, -0.15) is 0 Å². The Morgan fingerprint density at radius 1 is 1.09 bits per heavy atom. The Labute approximate surface area is 199 Å². The zero-order chi connectivity index (χ0) is 24.2. The van der Waals surface area contributed by atoms with Crippen LogP contribution in [0.4, 0.5) is 17.1 Å². The topological polar surface area (TPSA) is 102 Å². The van der Waals surface area contributed by atoms with Crippen LogP contribution in [-0.4, -0.2) is 69.8 Å². The van der Waals surface area contributed by atoms with E-state index in [1.54, 1.807) is 20.3 Å². The van der Waals surface area contributed by atoms with E-state index in [1.165, 1.54) is 6.20 Å². The molecule has 0 saturated carbocycles. The minimum Gasteiger partial charge on any atom is -0.497 e. The molecular weight excluding hydrogens is 434 g/mol. The molecule has 1 fully saturated rings. The molecule has 0 bridgehead atoms. The van der Waals surface area contributed by atoms with Crippen molar-refractivity contribution in [2.45, 2.75) is 6.92 Å². The highest BCUT2D eigenvalue weighted by Gasteiger charge is 2.22. The van der Waals surface area contributed by atoms with E-state index < -0.39 is 5.91 Å². The SMILES string of the molecule is CCOc1cc2ncc(C(N)=O)c(Nc3ccc(OC)cc3OC)c2cc1N1CCN(C)CC1. The number of fused-ring (bicyclic) bond motifs is 1. The van der Waals surface area contributed by atoms with Crippen LogP contribution < -0.4 is 30.2 Å². The van der Waals surface area contributed by atoms with Gasteiger partial charge in [0.2, 0.25) is 0 Å². The van der Waals surface area contributed by atoms with Gasteiger partial charge in [-0.25, -0.2) is 0 Å². The molecule has 2 heterocycles. The summed E-state index contributed by atoms with van der Waals surface area (Å²) in [7, 11) is 5.30. The minimum atomic E-state index is -0.570. The number of pyridine rings is 1. The fourth-order valence-electron chi connectivity index (χ4n) is 4.13. The number of nitrogens with one attached hydrogen (secondary N) is 1. The normalized spacial score (nSPS) is 14.2. The van der Waals surface area contributed by atoms with Crippen LogP contribution in [-0.2, 0) is 0 Å². The molecule has 180 valence electrons. The summed E-state index contributed by atoms with van der Waals surface area (Å²) in [4.78, 5) is 21.5. The fraction of sp³-hybridized carbons (Fsp3) is 0.360. The van der Waals surface area contributed by atoms with Crippen molar-refractivity contribution in [2.75, 3.05) is 64.3 Å². The number of anilines is 3. The number of rotatable bonds is 8. The number of hydrogen-bond acceptors (Lipinski definition) is 8. The summed E-state index contributed by atoms with van der Waals surface area (Å²) in [5.41, 5.74) is 8.94. The smallest absolute Gasteiger partial charge is 0.252 e. The number of aromatic nitrogens is 1. The molecule has 1 aliphatic heterocycles. The van der Waals surface area contributed by atoms with Gasteiger partial charge in [0.25, 0.3) is 5.91 Å². The van der Waals surface area contributed by atoms with Gasteiger partial charge in [0, 0.05) is 49.9 Å². The largest absolute Gasteiger partial charge is 0.497 e. The number of hydrogen-bond donors (Lipinski definition) is 2. The van der Waals surface area contributed by atoms with Crippen LogP contribution >= 0.6 is 0 Å². The third-order valence-corrected chi connectivity index (χ3v) is 6.03. The lowest BCUT2D eigenvalue weighted by atomic mass is 10.1. The maximum Gasteiger partial charge on any atom is 0.252 e. The summed E-state index contributed by atoms with van der Waals surface area (Å²) >= 11 is 0. The van der Waals surface area contributed by atoms with Crippen molar-refractivity contribution < 1.29 is 19.0 Å². The van der Waals surface area contributed by atoms with Gasteiger partial charge in [0.1, 0.15) is 17.2 Å². The van der Waals surface area contributed by atoms with E-state index >= 15 is 0 Å². The first kappa shape index (κ1) is 23.4. The van der Waals surface area contributed by atoms with Crippen LogP contribution in [0.15, 0.2) is 36.5 Å². The summed E-state index contributed by atoms with van der Waals surface area (Å²) in [5, 5.41) is 4.14. The molecule has 0 aliphatic carbocycles. The predicted octanol–water partition coefficient (Wildman–Crippen LogP) is 3.25. The Bertz CT molecular complexity index is 1190. The lowest BCUT2D eigenvalue weighted by molar-refractivity contribution is 0.100. The average Bonchev–Trinajstić information content (AvgIpc) is 2.84. The van der Waals surface area contributed by atoms with Gasteiger partial charge in [-0.1, -0.05) is 0 Å². The van der Waals surface area contributed by atoms with Gasteiger partial charge in [0.15, 0.2) is 0 Å². The first-order chi connectivity index (χ1) is 16.4. The number of likely N-dealkylation sites (N-methyl/N-ethyl adjacent to an activating group) is 1. The molecule has 3 aromatic rings. The van der Waals surface area contributed by atoms with Crippen molar-refractivity contribution in [1.82, 2.24) is 9.88 Å². The second kappa shape index (κ2) is 10.0. The molecule has 1 saturated heterocycles. The van der Waals surface area contributed by atoms with Crippen molar-refractivity contribution in [2.24, 2.45) is 5.73 Å². The second-order valence-electron chi connectivity index (χ2n) is 8.16. The lowest BCUT2D eigenvalue weighted by Crippen LogP contribution is -2.44. The summed E-state index contributed by atoms with van der Waals surface area (Å²) in [5.74, 6) is 1.44. The van der Waals surface area contributed by atoms with E-state index in [4.69, 9.17) is 19.9 Å². The molecular formula is C25H31N5O4. The summed E-state index contributed by atoms with van der Waals surface area (Å²) in [6.07, 6.45) is 1.49. The van der Waals surface area contributed by atoms with E-state index in [0.29, 0.717) is 40.6 Å². The average molecular weight is 466 g/mol. The van der Waals surface area contributed by atoms with Gasteiger partial charge in [-0.3, -0.25) is 9.78 Å². The number of amides is 1. The Kier molecular flexibility index (Phi) is 6.93. The predicted molar refractivity (Wildman–Crippen MR) is 134 cm³/mol. The van der Waals surface area contributed by atoms with Gasteiger partial charge in [0.05, 0.1) is 49.0 Å². The summed E-state index contributed by atoms with van der Waals surface area (Å²) in [6, 6.07) is 9.39. The van der Waals surface area contributed by atoms with Crippen LogP contribution in [0.1, 0.15) is 17.3 Å². The van der Waals surface area contributed by atoms with Gasteiger partial charge in [-0.05, 0) is 32.2 Å². The zero-order valence-corrected chi connectivity index (χ0v) is 20.1. The monoisotopic (exact) mass is 465 g/mol. The van der Waals surface area contributed by atoms with Crippen molar-refractivity contribution >= 4 is 33.9 Å². The summed E-state index contributed by atoms with van der Waals surface area (Å²) in [6.45, 7) is 6.17. The fourth-order valence-corrected chi connectivity index (χ4v) is 4.13. The molecule has 34 heavy (non-hydrogen) atoms. The van der Waals surface area contributed by atoms with E-state index in [2.05, 4.69) is 27.1 Å². The number of piperazine rings is 1. The van der Waals surface area contributed by atoms with E-state index in [1.807, 2.05) is 31.2 Å². The highest BCUT2D eigenvalue weighted by molar-refractivity contribution is 6.08. The Balaban J connectivity index is 1.88. The van der Waals surface area contributed by atoms with E-state index in [-0.39, 0.29) is 0 Å². The first-order valence-electron chi connectivity index (χ1n) is 11.3. The zero-order valence-electron chi connectivity index (χ0n) is 20.1. The molecule has 0 unspecified atom stereocenters. The van der Waals surface area contributed by atoms with Crippen molar-refractivity contribution in [3.63, 3.8) is 0 Å². The van der Waals surface area contributed by atoms with Gasteiger partial charge >= 0.3 is 0 Å². The molecule has 9 heteroatoms. The van der Waals surface area contributed by atoms with Crippen molar-refractivity contribution in [3.8, 4) is 17.2 Å². The molecule has 1 aromatic heterocycles. The lowest BCUT2D eigenvalue weighted by Gasteiger charge is -2.35.